The van der Waals surface area contributed by atoms with Crippen LogP contribution in [0, 0.1) is 0 Å². The largest absolute Gasteiger partial charge is 0.293 e. The Labute approximate surface area is 107 Å². The van der Waals surface area contributed by atoms with Crippen LogP contribution in [-0.4, -0.2) is 20.0 Å². The molecule has 0 aliphatic heterocycles. The van der Waals surface area contributed by atoms with E-state index in [9.17, 15) is 8.42 Å². The summed E-state index contributed by atoms with van der Waals surface area (Å²) in [5, 5.41) is 0. The smallest absolute Gasteiger partial charge is 0.267 e. The zero-order valence-electron chi connectivity index (χ0n) is 10.2. The zero-order chi connectivity index (χ0) is 13.0. The van der Waals surface area contributed by atoms with Gasteiger partial charge in [-0.05, 0) is 31.9 Å². The van der Waals surface area contributed by atoms with Crippen molar-refractivity contribution in [3.05, 3.63) is 47.1 Å². The number of aromatic nitrogens is 1. The van der Waals surface area contributed by atoms with Crippen molar-refractivity contribution in [3.8, 4) is 0 Å². The minimum absolute atomic E-state index is 0.144. The predicted molar refractivity (Wildman–Crippen MR) is 70.1 cm³/mol. The Morgan fingerprint density at radius 2 is 2.22 bits per heavy atom. The molecule has 0 atom stereocenters. The van der Waals surface area contributed by atoms with Crippen LogP contribution < -0.4 is 0 Å². The average Bonchev–Trinajstić information content (AvgIpc) is 2.40. The van der Waals surface area contributed by atoms with E-state index >= 15 is 0 Å². The standard InChI is InChI=1S/C13H15NO3S/c1-2-17-18(15,16)13-9-4-3-7-11(13)12-8-5-6-10-14-12/h3,5-8,10H,2,4,9H2,1H3. The van der Waals surface area contributed by atoms with Crippen molar-refractivity contribution in [3.63, 3.8) is 0 Å². The van der Waals surface area contributed by atoms with Gasteiger partial charge in [-0.3, -0.25) is 9.17 Å². The molecule has 0 radical (unpaired) electrons. The maximum absolute atomic E-state index is 12.0. The van der Waals surface area contributed by atoms with E-state index in [0.29, 0.717) is 29.0 Å². The molecule has 0 spiro atoms. The van der Waals surface area contributed by atoms with Crippen LogP contribution in [0.5, 0.6) is 0 Å². The lowest BCUT2D eigenvalue weighted by molar-refractivity contribution is 0.342. The number of pyridine rings is 1. The van der Waals surface area contributed by atoms with Crippen molar-refractivity contribution < 1.29 is 12.6 Å². The lowest BCUT2D eigenvalue weighted by atomic mass is 10.0. The van der Waals surface area contributed by atoms with Gasteiger partial charge in [-0.2, -0.15) is 8.42 Å². The first-order valence-electron chi connectivity index (χ1n) is 5.85. The van der Waals surface area contributed by atoms with E-state index in [2.05, 4.69) is 4.98 Å². The second kappa shape index (κ2) is 5.46. The van der Waals surface area contributed by atoms with Crippen LogP contribution in [-0.2, 0) is 14.3 Å². The summed E-state index contributed by atoms with van der Waals surface area (Å²) in [7, 11) is -3.64. The van der Waals surface area contributed by atoms with Crippen molar-refractivity contribution in [2.45, 2.75) is 19.8 Å². The Kier molecular flexibility index (Phi) is 3.93. The van der Waals surface area contributed by atoms with Crippen molar-refractivity contribution in [2.75, 3.05) is 6.61 Å². The van der Waals surface area contributed by atoms with Gasteiger partial charge in [0.25, 0.3) is 10.1 Å². The number of rotatable bonds is 4. The SMILES string of the molecule is CCOS(=O)(=O)C1=C(c2ccccn2)C=CCC1. The fourth-order valence-electron chi connectivity index (χ4n) is 1.88. The van der Waals surface area contributed by atoms with E-state index < -0.39 is 10.1 Å². The zero-order valence-corrected chi connectivity index (χ0v) is 11.0. The van der Waals surface area contributed by atoms with Crippen LogP contribution in [0.15, 0.2) is 41.5 Å². The summed E-state index contributed by atoms with van der Waals surface area (Å²) >= 11 is 0. The fraction of sp³-hybridized carbons (Fsp3) is 0.308. The van der Waals surface area contributed by atoms with Crippen molar-refractivity contribution in [2.24, 2.45) is 0 Å². The minimum atomic E-state index is -3.64. The molecule has 0 N–H and O–H groups in total. The summed E-state index contributed by atoms with van der Waals surface area (Å²) in [6.07, 6.45) is 6.57. The summed E-state index contributed by atoms with van der Waals surface area (Å²) in [6, 6.07) is 5.43. The van der Waals surface area contributed by atoms with Gasteiger partial charge in [-0.1, -0.05) is 18.2 Å². The van der Waals surface area contributed by atoms with Crippen LogP contribution in [0.4, 0.5) is 0 Å². The number of hydrogen-bond donors (Lipinski definition) is 0. The molecule has 2 rings (SSSR count). The molecule has 18 heavy (non-hydrogen) atoms. The van der Waals surface area contributed by atoms with Gasteiger partial charge in [0, 0.05) is 11.8 Å². The highest BCUT2D eigenvalue weighted by Crippen LogP contribution is 2.30. The molecule has 1 aromatic rings. The predicted octanol–water partition coefficient (Wildman–Crippen LogP) is 2.51. The van der Waals surface area contributed by atoms with E-state index in [4.69, 9.17) is 4.18 Å². The van der Waals surface area contributed by atoms with Crippen molar-refractivity contribution in [1.29, 1.82) is 0 Å². The molecule has 0 saturated carbocycles. The van der Waals surface area contributed by atoms with Gasteiger partial charge in [0.2, 0.25) is 0 Å². The summed E-state index contributed by atoms with van der Waals surface area (Å²) in [6.45, 7) is 1.81. The number of hydrogen-bond acceptors (Lipinski definition) is 4. The van der Waals surface area contributed by atoms with Crippen LogP contribution >= 0.6 is 0 Å². The topological polar surface area (TPSA) is 56.3 Å². The van der Waals surface area contributed by atoms with Gasteiger partial charge in [0.1, 0.15) is 0 Å². The van der Waals surface area contributed by atoms with Crippen LogP contribution in [0.2, 0.25) is 0 Å². The lowest BCUT2D eigenvalue weighted by Gasteiger charge is -2.15. The normalized spacial score (nSPS) is 16.1. The first-order valence-corrected chi connectivity index (χ1v) is 7.26. The summed E-state index contributed by atoms with van der Waals surface area (Å²) in [4.78, 5) is 4.52. The Bertz CT molecular complexity index is 574. The molecule has 96 valence electrons. The second-order valence-corrected chi connectivity index (χ2v) is 5.49. The number of nitrogens with zero attached hydrogens (tertiary/aromatic N) is 1. The van der Waals surface area contributed by atoms with E-state index in [1.54, 1.807) is 31.3 Å². The first-order chi connectivity index (χ1) is 8.65. The Morgan fingerprint density at radius 3 is 2.89 bits per heavy atom. The average molecular weight is 265 g/mol. The van der Waals surface area contributed by atoms with Crippen LogP contribution in [0.25, 0.3) is 5.57 Å². The molecule has 0 unspecified atom stereocenters. The quantitative estimate of drug-likeness (QED) is 0.785. The van der Waals surface area contributed by atoms with E-state index in [1.807, 2.05) is 12.1 Å². The molecule has 1 aromatic heterocycles. The Balaban J connectivity index is 2.52. The van der Waals surface area contributed by atoms with Crippen molar-refractivity contribution in [1.82, 2.24) is 4.98 Å². The first kappa shape index (κ1) is 13.0. The molecule has 4 nitrogen and oxygen atoms in total. The maximum Gasteiger partial charge on any atom is 0.293 e. The number of allylic oxidation sites excluding steroid dienone is 4. The van der Waals surface area contributed by atoms with Gasteiger partial charge in [0.05, 0.1) is 17.2 Å². The van der Waals surface area contributed by atoms with Gasteiger partial charge in [-0.15, -0.1) is 0 Å². The molecular weight excluding hydrogens is 250 g/mol. The van der Waals surface area contributed by atoms with Gasteiger partial charge in [0.15, 0.2) is 0 Å². The molecule has 0 fully saturated rings. The molecule has 1 aliphatic rings. The molecule has 1 heterocycles. The van der Waals surface area contributed by atoms with Crippen LogP contribution in [0.1, 0.15) is 25.5 Å². The molecule has 1 aliphatic carbocycles. The maximum atomic E-state index is 12.0. The Morgan fingerprint density at radius 1 is 1.39 bits per heavy atom. The van der Waals surface area contributed by atoms with Gasteiger partial charge in [-0.25, -0.2) is 0 Å². The highest BCUT2D eigenvalue weighted by Gasteiger charge is 2.24. The lowest BCUT2D eigenvalue weighted by Crippen LogP contribution is -2.12. The molecule has 0 bridgehead atoms. The van der Waals surface area contributed by atoms with E-state index in [1.165, 1.54) is 0 Å². The molecule has 0 saturated heterocycles. The molecule has 0 aromatic carbocycles. The summed E-state index contributed by atoms with van der Waals surface area (Å²) in [5.74, 6) is 0. The summed E-state index contributed by atoms with van der Waals surface area (Å²) < 4.78 is 28.9. The van der Waals surface area contributed by atoms with Gasteiger partial charge < -0.3 is 0 Å². The fourth-order valence-corrected chi connectivity index (χ4v) is 3.14. The van der Waals surface area contributed by atoms with Gasteiger partial charge >= 0.3 is 0 Å². The van der Waals surface area contributed by atoms with Crippen molar-refractivity contribution >= 4 is 15.7 Å². The van der Waals surface area contributed by atoms with Crippen LogP contribution in [0.3, 0.4) is 0 Å². The van der Waals surface area contributed by atoms with E-state index in [0.717, 1.165) is 0 Å². The molecule has 0 amide bonds. The second-order valence-electron chi connectivity index (χ2n) is 3.85. The Hall–Kier alpha value is -1.46. The summed E-state index contributed by atoms with van der Waals surface area (Å²) in [5.41, 5.74) is 1.29. The highest BCUT2D eigenvalue weighted by molar-refractivity contribution is 7.90. The van der Waals surface area contributed by atoms with E-state index in [-0.39, 0.29) is 6.61 Å². The molecular formula is C13H15NO3S. The third-order valence-electron chi connectivity index (χ3n) is 2.64. The molecule has 5 heteroatoms. The third-order valence-corrected chi connectivity index (χ3v) is 4.21. The monoisotopic (exact) mass is 265 g/mol. The third kappa shape index (κ3) is 2.68. The minimum Gasteiger partial charge on any atom is -0.267 e. The highest BCUT2D eigenvalue weighted by atomic mass is 32.2.